The molecule has 1 aliphatic carbocycles. The Balaban J connectivity index is 1.76. The van der Waals surface area contributed by atoms with Crippen LogP contribution in [0.15, 0.2) is 68.5 Å². The number of hydrogen-bond acceptors (Lipinski definition) is 4. The second-order valence-electron chi connectivity index (χ2n) is 7.33. The summed E-state index contributed by atoms with van der Waals surface area (Å²) in [5.74, 6) is 0. The van der Waals surface area contributed by atoms with Gasteiger partial charge in [-0.15, -0.1) is 0 Å². The van der Waals surface area contributed by atoms with Crippen LogP contribution in [0.5, 0.6) is 0 Å². The highest BCUT2D eigenvalue weighted by molar-refractivity contribution is 5.20. The van der Waals surface area contributed by atoms with E-state index in [0.29, 0.717) is 0 Å². The summed E-state index contributed by atoms with van der Waals surface area (Å²) in [5.41, 5.74) is -1.17. The van der Waals surface area contributed by atoms with E-state index in [1.807, 2.05) is 24.3 Å². The predicted octanol–water partition coefficient (Wildman–Crippen LogP) is 2.03. The summed E-state index contributed by atoms with van der Waals surface area (Å²) in [6.45, 7) is 0. The molecule has 0 N–H and O–H groups in total. The van der Waals surface area contributed by atoms with Gasteiger partial charge < -0.3 is 0 Å². The lowest BCUT2D eigenvalue weighted by Gasteiger charge is -2.37. The molecule has 5 rings (SSSR count). The molecule has 0 unspecified atom stereocenters. The minimum absolute atomic E-state index is 0.583. The van der Waals surface area contributed by atoms with Gasteiger partial charge in [-0.05, 0) is 49.9 Å². The van der Waals surface area contributed by atoms with E-state index in [9.17, 15) is 0 Å². The van der Waals surface area contributed by atoms with Crippen molar-refractivity contribution >= 4 is 0 Å². The fourth-order valence-electron chi connectivity index (χ4n) is 4.41. The van der Waals surface area contributed by atoms with Gasteiger partial charge in [-0.3, -0.25) is 0 Å². The van der Waals surface area contributed by atoms with E-state index >= 15 is 0 Å². The summed E-state index contributed by atoms with van der Waals surface area (Å²) in [6.07, 6.45) is 7.87. The highest BCUT2D eigenvalue weighted by Gasteiger charge is 2.53. The summed E-state index contributed by atoms with van der Waals surface area (Å²) in [6, 6.07) is 16.4. The lowest BCUT2D eigenvalue weighted by Crippen LogP contribution is -2.48. The summed E-state index contributed by atoms with van der Waals surface area (Å²) < 4.78 is 0. The monoisotopic (exact) mass is 330 g/mol. The van der Waals surface area contributed by atoms with Crippen LogP contribution in [-0.4, -0.2) is 11.3 Å². The van der Waals surface area contributed by atoms with Gasteiger partial charge in [0.15, 0.2) is 11.3 Å². The van der Waals surface area contributed by atoms with E-state index in [2.05, 4.69) is 24.3 Å². The second-order valence-corrected chi connectivity index (χ2v) is 7.33. The molecule has 2 heterocycles. The Morgan fingerprint density at radius 2 is 0.800 bits per heavy atom. The van der Waals surface area contributed by atoms with Crippen molar-refractivity contribution in [1.82, 2.24) is 0 Å². The number of rotatable bonds is 0. The summed E-state index contributed by atoms with van der Waals surface area (Å²) in [7, 11) is 0. The fraction of sp³-hybridized carbons (Fsp3) is 0.429. The van der Waals surface area contributed by atoms with Gasteiger partial charge in [-0.25, -0.2) is 20.0 Å². The maximum Gasteiger partial charge on any atom is 0.196 e. The van der Waals surface area contributed by atoms with Crippen LogP contribution in [0.3, 0.4) is 0 Å². The van der Waals surface area contributed by atoms with Gasteiger partial charge in [0, 0.05) is 0 Å². The third-order valence-electron chi connectivity index (χ3n) is 5.68. The van der Waals surface area contributed by atoms with E-state index in [4.69, 9.17) is 20.0 Å². The summed E-state index contributed by atoms with van der Waals surface area (Å²) >= 11 is 0. The zero-order valence-electron chi connectivity index (χ0n) is 14.4. The Morgan fingerprint density at radius 1 is 0.480 bits per heavy atom. The third-order valence-corrected chi connectivity index (χ3v) is 5.68. The molecule has 2 aromatic rings. The molecular formula is C21H22N4. The van der Waals surface area contributed by atoms with E-state index in [1.54, 1.807) is 0 Å². The SMILES string of the molecule is c1ccc2c(c1)=NC1(CCCCCCCC13N=c1ccccc1=N3)N=2. The fourth-order valence-corrected chi connectivity index (χ4v) is 4.41. The van der Waals surface area contributed by atoms with Crippen LogP contribution in [0.1, 0.15) is 44.9 Å². The van der Waals surface area contributed by atoms with Crippen LogP contribution in [0.25, 0.3) is 0 Å². The molecule has 4 nitrogen and oxygen atoms in total. The molecule has 2 aliphatic heterocycles. The van der Waals surface area contributed by atoms with Gasteiger partial charge in [-0.1, -0.05) is 43.5 Å². The van der Waals surface area contributed by atoms with Crippen LogP contribution in [0.4, 0.5) is 0 Å². The molecule has 25 heavy (non-hydrogen) atoms. The summed E-state index contributed by atoms with van der Waals surface area (Å²) in [4.78, 5) is 20.6. The van der Waals surface area contributed by atoms with Crippen molar-refractivity contribution in [3.05, 3.63) is 70.0 Å². The van der Waals surface area contributed by atoms with Crippen molar-refractivity contribution in [2.75, 3.05) is 0 Å². The van der Waals surface area contributed by atoms with Crippen LogP contribution >= 0.6 is 0 Å². The van der Waals surface area contributed by atoms with Gasteiger partial charge >= 0.3 is 0 Å². The molecule has 0 atom stereocenters. The lowest BCUT2D eigenvalue weighted by atomic mass is 9.86. The minimum Gasteiger partial charge on any atom is -0.249 e. The highest BCUT2D eigenvalue weighted by atomic mass is 15.3. The maximum absolute atomic E-state index is 5.15. The molecule has 3 aliphatic rings. The molecule has 0 radical (unpaired) electrons. The van der Waals surface area contributed by atoms with E-state index in [0.717, 1.165) is 47.1 Å². The first-order chi connectivity index (χ1) is 12.3. The Bertz CT molecular complexity index is 898. The van der Waals surface area contributed by atoms with Gasteiger partial charge in [0.2, 0.25) is 0 Å². The predicted molar refractivity (Wildman–Crippen MR) is 95.3 cm³/mol. The molecule has 2 aromatic carbocycles. The van der Waals surface area contributed by atoms with Crippen molar-refractivity contribution in [3.63, 3.8) is 0 Å². The van der Waals surface area contributed by atoms with Gasteiger partial charge in [0.25, 0.3) is 0 Å². The number of para-hydroxylation sites is 4. The first-order valence-electron chi connectivity index (χ1n) is 9.40. The topological polar surface area (TPSA) is 49.4 Å². The molecule has 1 fully saturated rings. The molecule has 0 amide bonds. The van der Waals surface area contributed by atoms with Gasteiger partial charge in [-0.2, -0.15) is 0 Å². The molecule has 0 aromatic heterocycles. The Hall–Kier alpha value is -2.36. The van der Waals surface area contributed by atoms with Crippen LogP contribution in [0.2, 0.25) is 0 Å². The Kier molecular flexibility index (Phi) is 3.34. The third kappa shape index (κ3) is 2.27. The summed E-state index contributed by atoms with van der Waals surface area (Å²) in [5, 5.41) is 3.95. The molecule has 2 spiro atoms. The molecule has 1 saturated carbocycles. The molecule has 0 saturated heterocycles. The zero-order valence-corrected chi connectivity index (χ0v) is 14.4. The van der Waals surface area contributed by atoms with E-state index < -0.39 is 11.3 Å². The zero-order chi connectivity index (χ0) is 16.7. The number of benzene rings is 2. The van der Waals surface area contributed by atoms with Crippen LogP contribution in [-0.2, 0) is 0 Å². The average molecular weight is 330 g/mol. The molecule has 0 bridgehead atoms. The lowest BCUT2D eigenvalue weighted by molar-refractivity contribution is 0.205. The largest absolute Gasteiger partial charge is 0.249 e. The van der Waals surface area contributed by atoms with Crippen LogP contribution < -0.4 is 21.4 Å². The smallest absolute Gasteiger partial charge is 0.196 e. The van der Waals surface area contributed by atoms with Crippen molar-refractivity contribution in [1.29, 1.82) is 0 Å². The first-order valence-corrected chi connectivity index (χ1v) is 9.40. The van der Waals surface area contributed by atoms with Gasteiger partial charge in [0.1, 0.15) is 0 Å². The normalized spacial score (nSPS) is 22.4. The molecule has 4 heteroatoms. The van der Waals surface area contributed by atoms with E-state index in [1.165, 1.54) is 19.3 Å². The average Bonchev–Trinajstić information content (AvgIpc) is 3.21. The Morgan fingerprint density at radius 3 is 1.16 bits per heavy atom. The minimum atomic E-state index is -0.583. The van der Waals surface area contributed by atoms with Crippen molar-refractivity contribution in [2.24, 2.45) is 20.0 Å². The van der Waals surface area contributed by atoms with Crippen molar-refractivity contribution < 1.29 is 0 Å². The van der Waals surface area contributed by atoms with Crippen molar-refractivity contribution in [3.8, 4) is 0 Å². The van der Waals surface area contributed by atoms with E-state index in [-0.39, 0.29) is 0 Å². The molecule has 126 valence electrons. The Labute approximate surface area is 146 Å². The number of fused-ring (bicyclic) bond motifs is 3. The highest BCUT2D eigenvalue weighted by Crippen LogP contribution is 2.43. The number of hydrogen-bond donors (Lipinski definition) is 0. The van der Waals surface area contributed by atoms with Crippen LogP contribution in [0, 0.1) is 0 Å². The van der Waals surface area contributed by atoms with Gasteiger partial charge in [0.05, 0.1) is 21.4 Å². The molecular weight excluding hydrogens is 308 g/mol. The second kappa shape index (κ2) is 5.58. The standard InChI is InChI=1S/C21H22N4/c1-2-8-14-20(22-16-10-4-5-11-17(16)23-20)21(15-9-3-1)24-18-12-6-7-13-19(18)25-21/h4-7,10-13H,1-3,8-9,14-15H2. The maximum atomic E-state index is 5.15. The van der Waals surface area contributed by atoms with Crippen molar-refractivity contribution in [2.45, 2.75) is 56.3 Å². The number of nitrogens with zero attached hydrogens (tertiary/aromatic N) is 4. The first kappa shape index (κ1) is 14.9. The quantitative estimate of drug-likeness (QED) is 0.710.